The van der Waals surface area contributed by atoms with Gasteiger partial charge in [-0.15, -0.1) is 5.10 Å². The number of nitrogens with two attached hydrogens (primary N) is 1. The summed E-state index contributed by atoms with van der Waals surface area (Å²) in [5.41, 5.74) is 8.54. The molecule has 0 saturated carbocycles. The van der Waals surface area contributed by atoms with E-state index in [0.717, 1.165) is 22.8 Å². The highest BCUT2D eigenvalue weighted by molar-refractivity contribution is 5.39. The van der Waals surface area contributed by atoms with Gasteiger partial charge in [0.05, 0.1) is 18.0 Å². The van der Waals surface area contributed by atoms with E-state index in [2.05, 4.69) is 31.1 Å². The first-order valence-corrected chi connectivity index (χ1v) is 6.85. The summed E-state index contributed by atoms with van der Waals surface area (Å²) in [5.74, 6) is 0.854. The van der Waals surface area contributed by atoms with Crippen LogP contribution in [0.1, 0.15) is 39.1 Å². The first-order chi connectivity index (χ1) is 9.47. The first-order valence-electron chi connectivity index (χ1n) is 6.85. The Morgan fingerprint density at radius 3 is 2.35 bits per heavy atom. The van der Waals surface area contributed by atoms with Gasteiger partial charge in [-0.05, 0) is 31.2 Å². The van der Waals surface area contributed by atoms with E-state index < -0.39 is 0 Å². The molecule has 0 atom stereocenters. The van der Waals surface area contributed by atoms with Crippen LogP contribution in [-0.2, 0) is 12.0 Å². The van der Waals surface area contributed by atoms with Crippen molar-refractivity contribution in [2.24, 2.45) is 5.73 Å². The SMILES string of the molecule is CCOc1ccc(-n2nnc(CN)c2C(C)(C)C)cc1. The zero-order chi connectivity index (χ0) is 14.8. The van der Waals surface area contributed by atoms with E-state index >= 15 is 0 Å². The molecule has 0 saturated heterocycles. The van der Waals surface area contributed by atoms with Crippen LogP contribution in [0.2, 0.25) is 0 Å². The van der Waals surface area contributed by atoms with Crippen molar-refractivity contribution in [1.82, 2.24) is 15.0 Å². The Balaban J connectivity index is 2.45. The number of rotatable bonds is 4. The third-order valence-corrected chi connectivity index (χ3v) is 3.04. The fourth-order valence-electron chi connectivity index (χ4n) is 2.23. The van der Waals surface area contributed by atoms with Crippen molar-refractivity contribution in [2.45, 2.75) is 39.7 Å². The van der Waals surface area contributed by atoms with Crippen LogP contribution in [0.5, 0.6) is 5.75 Å². The molecule has 20 heavy (non-hydrogen) atoms. The van der Waals surface area contributed by atoms with Gasteiger partial charge in [0, 0.05) is 12.0 Å². The Bertz CT molecular complexity index is 567. The van der Waals surface area contributed by atoms with Gasteiger partial charge >= 0.3 is 0 Å². The molecule has 0 aliphatic heterocycles. The molecule has 1 heterocycles. The van der Waals surface area contributed by atoms with Crippen molar-refractivity contribution in [3.63, 3.8) is 0 Å². The lowest BCUT2D eigenvalue weighted by molar-refractivity contribution is 0.340. The number of hydrogen-bond donors (Lipinski definition) is 1. The molecule has 2 N–H and O–H groups in total. The van der Waals surface area contributed by atoms with Crippen LogP contribution in [0.3, 0.4) is 0 Å². The summed E-state index contributed by atoms with van der Waals surface area (Å²) < 4.78 is 7.31. The summed E-state index contributed by atoms with van der Waals surface area (Å²) in [6, 6.07) is 7.84. The minimum absolute atomic E-state index is 0.0726. The maximum absolute atomic E-state index is 5.77. The van der Waals surface area contributed by atoms with E-state index in [0.29, 0.717) is 13.2 Å². The molecule has 2 rings (SSSR count). The predicted molar refractivity (Wildman–Crippen MR) is 79.1 cm³/mol. The van der Waals surface area contributed by atoms with E-state index in [9.17, 15) is 0 Å². The normalized spacial score (nSPS) is 11.7. The Morgan fingerprint density at radius 1 is 1.20 bits per heavy atom. The van der Waals surface area contributed by atoms with Gasteiger partial charge in [-0.1, -0.05) is 26.0 Å². The summed E-state index contributed by atoms with van der Waals surface area (Å²) in [4.78, 5) is 0. The van der Waals surface area contributed by atoms with Crippen LogP contribution in [0, 0.1) is 0 Å². The fourth-order valence-corrected chi connectivity index (χ4v) is 2.23. The molecule has 2 aromatic rings. The molecular formula is C15H22N4O. The van der Waals surface area contributed by atoms with Crippen molar-refractivity contribution >= 4 is 0 Å². The smallest absolute Gasteiger partial charge is 0.119 e. The quantitative estimate of drug-likeness (QED) is 0.930. The monoisotopic (exact) mass is 274 g/mol. The zero-order valence-electron chi connectivity index (χ0n) is 12.6. The average molecular weight is 274 g/mol. The van der Waals surface area contributed by atoms with E-state index in [1.54, 1.807) is 0 Å². The maximum atomic E-state index is 5.77. The largest absolute Gasteiger partial charge is 0.494 e. The lowest BCUT2D eigenvalue weighted by atomic mass is 9.90. The summed E-state index contributed by atoms with van der Waals surface area (Å²) in [5, 5.41) is 8.44. The van der Waals surface area contributed by atoms with E-state index in [4.69, 9.17) is 10.5 Å². The van der Waals surface area contributed by atoms with E-state index in [-0.39, 0.29) is 5.41 Å². The third kappa shape index (κ3) is 2.82. The zero-order valence-corrected chi connectivity index (χ0v) is 12.6. The van der Waals surface area contributed by atoms with Crippen LogP contribution in [-0.4, -0.2) is 21.6 Å². The third-order valence-electron chi connectivity index (χ3n) is 3.04. The minimum Gasteiger partial charge on any atom is -0.494 e. The lowest BCUT2D eigenvalue weighted by Crippen LogP contribution is -2.20. The van der Waals surface area contributed by atoms with Crippen LogP contribution in [0.25, 0.3) is 5.69 Å². The molecule has 108 valence electrons. The molecule has 0 radical (unpaired) electrons. The topological polar surface area (TPSA) is 66.0 Å². The highest BCUT2D eigenvalue weighted by Gasteiger charge is 2.25. The van der Waals surface area contributed by atoms with Crippen LogP contribution in [0.15, 0.2) is 24.3 Å². The molecule has 1 aromatic carbocycles. The maximum Gasteiger partial charge on any atom is 0.119 e. The predicted octanol–water partition coefficient (Wildman–Crippen LogP) is 2.42. The number of aromatic nitrogens is 3. The van der Waals surface area contributed by atoms with Gasteiger partial charge in [-0.2, -0.15) is 0 Å². The molecule has 0 aliphatic carbocycles. The minimum atomic E-state index is -0.0726. The Kier molecular flexibility index (Phi) is 4.09. The van der Waals surface area contributed by atoms with Crippen LogP contribution >= 0.6 is 0 Å². The molecule has 0 aliphatic rings. The van der Waals surface area contributed by atoms with Crippen molar-refractivity contribution in [3.8, 4) is 11.4 Å². The molecule has 5 heteroatoms. The van der Waals surface area contributed by atoms with Crippen molar-refractivity contribution in [3.05, 3.63) is 35.7 Å². The Labute approximate surface area is 119 Å². The summed E-state index contributed by atoms with van der Waals surface area (Å²) in [7, 11) is 0. The Morgan fingerprint density at radius 2 is 1.85 bits per heavy atom. The second-order valence-electron chi connectivity index (χ2n) is 5.68. The first kappa shape index (κ1) is 14.5. The summed E-state index contributed by atoms with van der Waals surface area (Å²) in [6.07, 6.45) is 0. The number of nitrogens with zero attached hydrogens (tertiary/aromatic N) is 3. The summed E-state index contributed by atoms with van der Waals surface area (Å²) >= 11 is 0. The lowest BCUT2D eigenvalue weighted by Gasteiger charge is -2.21. The van der Waals surface area contributed by atoms with Crippen LogP contribution in [0.4, 0.5) is 0 Å². The highest BCUT2D eigenvalue weighted by Crippen LogP contribution is 2.27. The summed E-state index contributed by atoms with van der Waals surface area (Å²) in [6.45, 7) is 9.43. The van der Waals surface area contributed by atoms with Crippen LogP contribution < -0.4 is 10.5 Å². The highest BCUT2D eigenvalue weighted by atomic mass is 16.5. The average Bonchev–Trinajstić information content (AvgIpc) is 2.84. The molecule has 1 aromatic heterocycles. The van der Waals surface area contributed by atoms with Gasteiger partial charge in [0.2, 0.25) is 0 Å². The number of hydrogen-bond acceptors (Lipinski definition) is 4. The molecule has 0 unspecified atom stereocenters. The second-order valence-corrected chi connectivity index (χ2v) is 5.68. The van der Waals surface area contributed by atoms with Gasteiger partial charge in [0.15, 0.2) is 0 Å². The number of benzene rings is 1. The van der Waals surface area contributed by atoms with Gasteiger partial charge in [0.1, 0.15) is 11.4 Å². The van der Waals surface area contributed by atoms with Gasteiger partial charge in [-0.25, -0.2) is 4.68 Å². The van der Waals surface area contributed by atoms with E-state index in [1.165, 1.54) is 0 Å². The van der Waals surface area contributed by atoms with Gasteiger partial charge < -0.3 is 10.5 Å². The Hall–Kier alpha value is -1.88. The molecule has 0 spiro atoms. The standard InChI is InChI=1S/C15H22N4O/c1-5-20-12-8-6-11(7-9-12)19-14(15(2,3)4)13(10-16)17-18-19/h6-9H,5,10,16H2,1-4H3. The van der Waals surface area contributed by atoms with Gasteiger partial charge in [0.25, 0.3) is 0 Å². The van der Waals surface area contributed by atoms with E-state index in [1.807, 2.05) is 35.9 Å². The van der Waals surface area contributed by atoms with Crippen molar-refractivity contribution < 1.29 is 4.74 Å². The molecule has 0 amide bonds. The molecule has 5 nitrogen and oxygen atoms in total. The molecule has 0 fully saturated rings. The second kappa shape index (κ2) is 5.63. The number of ether oxygens (including phenoxy) is 1. The molecular weight excluding hydrogens is 252 g/mol. The van der Waals surface area contributed by atoms with Gasteiger partial charge in [-0.3, -0.25) is 0 Å². The van der Waals surface area contributed by atoms with Crippen molar-refractivity contribution in [1.29, 1.82) is 0 Å². The molecule has 0 bridgehead atoms. The van der Waals surface area contributed by atoms with Crippen molar-refractivity contribution in [2.75, 3.05) is 6.61 Å². The fraction of sp³-hybridized carbons (Fsp3) is 0.467.